The Morgan fingerprint density at radius 2 is 1.93 bits per heavy atom. The van der Waals surface area contributed by atoms with Gasteiger partial charge in [0.15, 0.2) is 0 Å². The van der Waals surface area contributed by atoms with Crippen LogP contribution in [-0.2, 0) is 14.3 Å². The number of aliphatic carboxylic acids is 1. The smallest absolute Gasteiger partial charge is 0.313 e. The van der Waals surface area contributed by atoms with E-state index in [1.165, 1.54) is 0 Å². The van der Waals surface area contributed by atoms with Crippen LogP contribution >= 0.6 is 11.8 Å². The monoisotopic (exact) mass is 219 g/mol. The van der Waals surface area contributed by atoms with Gasteiger partial charge in [0.1, 0.15) is 0 Å². The van der Waals surface area contributed by atoms with Crippen molar-refractivity contribution in [2.24, 2.45) is 0 Å². The maximum absolute atomic E-state index is 11.4. The van der Waals surface area contributed by atoms with Gasteiger partial charge in [0, 0.05) is 13.1 Å². The molecule has 0 radical (unpaired) electrons. The van der Waals surface area contributed by atoms with Gasteiger partial charge in [-0.3, -0.25) is 9.59 Å². The zero-order chi connectivity index (χ0) is 10.4. The quantitative estimate of drug-likeness (QED) is 0.701. The average molecular weight is 219 g/mol. The molecule has 0 aromatic heterocycles. The van der Waals surface area contributed by atoms with Gasteiger partial charge in [-0.25, -0.2) is 0 Å². The van der Waals surface area contributed by atoms with Crippen molar-refractivity contribution in [3.05, 3.63) is 0 Å². The van der Waals surface area contributed by atoms with Crippen LogP contribution < -0.4 is 0 Å². The summed E-state index contributed by atoms with van der Waals surface area (Å²) in [6.07, 6.45) is 0. The van der Waals surface area contributed by atoms with Crippen molar-refractivity contribution < 1.29 is 19.4 Å². The molecule has 1 rings (SSSR count). The number of hydrogen-bond donors (Lipinski definition) is 1. The summed E-state index contributed by atoms with van der Waals surface area (Å²) in [4.78, 5) is 23.3. The molecule has 5 nitrogen and oxygen atoms in total. The van der Waals surface area contributed by atoms with Gasteiger partial charge in [-0.15, -0.1) is 11.8 Å². The van der Waals surface area contributed by atoms with E-state index in [1.807, 2.05) is 0 Å². The molecule has 0 aliphatic carbocycles. The Balaban J connectivity index is 2.16. The second kappa shape index (κ2) is 5.87. The Bertz CT molecular complexity index is 215. The molecule has 6 heteroatoms. The minimum atomic E-state index is -0.884. The summed E-state index contributed by atoms with van der Waals surface area (Å²) in [5.74, 6) is -0.660. The van der Waals surface area contributed by atoms with E-state index in [-0.39, 0.29) is 17.4 Å². The van der Waals surface area contributed by atoms with Crippen LogP contribution in [0.15, 0.2) is 0 Å². The van der Waals surface area contributed by atoms with E-state index >= 15 is 0 Å². The fourth-order valence-electron chi connectivity index (χ4n) is 1.13. The lowest BCUT2D eigenvalue weighted by Gasteiger charge is -2.26. The molecule has 0 spiro atoms. The minimum absolute atomic E-state index is 0.000417. The van der Waals surface area contributed by atoms with Crippen molar-refractivity contribution in [1.82, 2.24) is 4.90 Å². The second-order valence-electron chi connectivity index (χ2n) is 2.88. The lowest BCUT2D eigenvalue weighted by Crippen LogP contribution is -2.41. The van der Waals surface area contributed by atoms with Crippen molar-refractivity contribution in [3.8, 4) is 0 Å². The maximum atomic E-state index is 11.4. The number of nitrogens with zero attached hydrogens (tertiary/aromatic N) is 1. The van der Waals surface area contributed by atoms with E-state index in [4.69, 9.17) is 9.84 Å². The normalized spacial score (nSPS) is 16.7. The molecule has 0 aromatic carbocycles. The average Bonchev–Trinajstić information content (AvgIpc) is 2.18. The first-order chi connectivity index (χ1) is 6.70. The van der Waals surface area contributed by atoms with Crippen molar-refractivity contribution >= 4 is 23.6 Å². The standard InChI is InChI=1S/C8H13NO4S/c10-7(5-14-6-8(11)12)9-1-3-13-4-2-9/h1-6H2,(H,11,12). The Hall–Kier alpha value is -0.750. The zero-order valence-electron chi connectivity index (χ0n) is 7.77. The molecule has 0 bridgehead atoms. The molecule has 14 heavy (non-hydrogen) atoms. The highest BCUT2D eigenvalue weighted by atomic mass is 32.2. The van der Waals surface area contributed by atoms with Crippen LogP contribution in [-0.4, -0.2) is 59.7 Å². The molecular weight excluding hydrogens is 206 g/mol. The lowest BCUT2D eigenvalue weighted by molar-refractivity contribution is -0.133. The predicted octanol–water partition coefficient (Wildman–Crippen LogP) is -0.337. The highest BCUT2D eigenvalue weighted by Crippen LogP contribution is 2.04. The highest BCUT2D eigenvalue weighted by molar-refractivity contribution is 8.00. The van der Waals surface area contributed by atoms with Crippen molar-refractivity contribution in [2.75, 3.05) is 37.8 Å². The molecule has 80 valence electrons. The van der Waals surface area contributed by atoms with Gasteiger partial charge in [-0.05, 0) is 0 Å². The first-order valence-electron chi connectivity index (χ1n) is 4.35. The number of rotatable bonds is 4. The van der Waals surface area contributed by atoms with Gasteiger partial charge < -0.3 is 14.7 Å². The number of ether oxygens (including phenoxy) is 1. The molecule has 0 atom stereocenters. The first kappa shape index (κ1) is 11.3. The van der Waals surface area contributed by atoms with E-state index in [1.54, 1.807) is 4.90 Å². The van der Waals surface area contributed by atoms with Crippen LogP contribution in [0.3, 0.4) is 0 Å². The van der Waals surface area contributed by atoms with Crippen LogP contribution in [0, 0.1) is 0 Å². The van der Waals surface area contributed by atoms with Gasteiger partial charge >= 0.3 is 5.97 Å². The van der Waals surface area contributed by atoms with E-state index in [0.29, 0.717) is 26.3 Å². The van der Waals surface area contributed by atoms with E-state index in [9.17, 15) is 9.59 Å². The molecule has 0 aromatic rings. The van der Waals surface area contributed by atoms with Crippen molar-refractivity contribution in [3.63, 3.8) is 0 Å². The fourth-order valence-corrected chi connectivity index (χ4v) is 1.76. The molecule has 1 amide bonds. The lowest BCUT2D eigenvalue weighted by atomic mass is 10.4. The SMILES string of the molecule is O=C(O)CSCC(=O)N1CCOCC1. The first-order valence-corrected chi connectivity index (χ1v) is 5.50. The maximum Gasteiger partial charge on any atom is 0.313 e. The molecule has 0 unspecified atom stereocenters. The van der Waals surface area contributed by atoms with Crippen LogP contribution in [0.5, 0.6) is 0 Å². The Morgan fingerprint density at radius 3 is 2.50 bits per heavy atom. The Labute approximate surface area is 86.4 Å². The summed E-state index contributed by atoms with van der Waals surface area (Å²) < 4.78 is 5.10. The Kier molecular flexibility index (Phi) is 4.75. The van der Waals surface area contributed by atoms with Crippen LogP contribution in [0.1, 0.15) is 0 Å². The summed E-state index contributed by atoms with van der Waals surface area (Å²) in [5.41, 5.74) is 0. The zero-order valence-corrected chi connectivity index (χ0v) is 8.59. The molecule has 1 aliphatic heterocycles. The van der Waals surface area contributed by atoms with Crippen LogP contribution in [0.2, 0.25) is 0 Å². The summed E-state index contributed by atoms with van der Waals surface area (Å²) >= 11 is 1.13. The van der Waals surface area contributed by atoms with Gasteiger partial charge in [0.05, 0.1) is 24.7 Å². The highest BCUT2D eigenvalue weighted by Gasteiger charge is 2.16. The number of carboxylic acids is 1. The summed E-state index contributed by atoms with van der Waals surface area (Å²) in [6, 6.07) is 0. The third kappa shape index (κ3) is 3.97. The number of thioether (sulfide) groups is 1. The number of carbonyl (C=O) groups is 2. The van der Waals surface area contributed by atoms with Gasteiger partial charge in [-0.2, -0.15) is 0 Å². The number of carboxylic acid groups (broad SMARTS) is 1. The number of hydrogen-bond acceptors (Lipinski definition) is 4. The van der Waals surface area contributed by atoms with Crippen molar-refractivity contribution in [1.29, 1.82) is 0 Å². The van der Waals surface area contributed by atoms with E-state index in [0.717, 1.165) is 11.8 Å². The molecule has 1 saturated heterocycles. The third-order valence-corrected chi connectivity index (χ3v) is 2.72. The number of morpholine rings is 1. The topological polar surface area (TPSA) is 66.8 Å². The van der Waals surface area contributed by atoms with Gasteiger partial charge in [0.2, 0.25) is 5.91 Å². The number of amides is 1. The largest absolute Gasteiger partial charge is 0.481 e. The minimum Gasteiger partial charge on any atom is -0.481 e. The van der Waals surface area contributed by atoms with E-state index < -0.39 is 5.97 Å². The van der Waals surface area contributed by atoms with Crippen molar-refractivity contribution in [2.45, 2.75) is 0 Å². The molecular formula is C8H13NO4S. The molecule has 1 heterocycles. The summed E-state index contributed by atoms with van der Waals surface area (Å²) in [5, 5.41) is 8.37. The second-order valence-corrected chi connectivity index (χ2v) is 3.87. The summed E-state index contributed by atoms with van der Waals surface area (Å²) in [7, 11) is 0. The molecule has 1 N–H and O–H groups in total. The van der Waals surface area contributed by atoms with Crippen LogP contribution in [0.4, 0.5) is 0 Å². The fraction of sp³-hybridized carbons (Fsp3) is 0.750. The molecule has 1 fully saturated rings. The third-order valence-electron chi connectivity index (χ3n) is 1.81. The molecule has 1 aliphatic rings. The van der Waals surface area contributed by atoms with Gasteiger partial charge in [0.25, 0.3) is 0 Å². The van der Waals surface area contributed by atoms with Gasteiger partial charge in [-0.1, -0.05) is 0 Å². The summed E-state index contributed by atoms with van der Waals surface area (Å²) in [6.45, 7) is 2.39. The molecule has 0 saturated carbocycles. The Morgan fingerprint density at radius 1 is 1.29 bits per heavy atom. The number of carbonyl (C=O) groups excluding carboxylic acids is 1. The van der Waals surface area contributed by atoms with E-state index in [2.05, 4.69) is 0 Å². The van der Waals surface area contributed by atoms with Crippen LogP contribution in [0.25, 0.3) is 0 Å². The predicted molar refractivity (Wildman–Crippen MR) is 52.4 cm³/mol.